The molecule has 176 valence electrons. The van der Waals surface area contributed by atoms with Crippen molar-refractivity contribution < 1.29 is 18.3 Å². The number of rotatable bonds is 6. The summed E-state index contributed by atoms with van der Waals surface area (Å²) in [6.07, 6.45) is 0. The predicted molar refractivity (Wildman–Crippen MR) is 128 cm³/mol. The summed E-state index contributed by atoms with van der Waals surface area (Å²) in [7, 11) is 1.49. The summed E-state index contributed by atoms with van der Waals surface area (Å²) in [5.41, 5.74) is 7.64. The van der Waals surface area contributed by atoms with E-state index < -0.39 is 11.9 Å². The van der Waals surface area contributed by atoms with Gasteiger partial charge >= 0.3 is 0 Å². The first kappa shape index (κ1) is 25.0. The van der Waals surface area contributed by atoms with Crippen LogP contribution in [0, 0.1) is 11.6 Å². The summed E-state index contributed by atoms with van der Waals surface area (Å²) in [5, 5.41) is 3.23. The van der Waals surface area contributed by atoms with E-state index in [1.54, 1.807) is 23.1 Å². The average Bonchev–Trinajstić information content (AvgIpc) is 3.14. The molecule has 0 bridgehead atoms. The zero-order valence-electron chi connectivity index (χ0n) is 17.8. The summed E-state index contributed by atoms with van der Waals surface area (Å²) in [6.45, 7) is 1.25. The molecule has 1 atom stereocenters. The number of carbonyl (C=O) groups excluding carboxylic acids is 1. The highest BCUT2D eigenvalue weighted by molar-refractivity contribution is 7.59. The van der Waals surface area contributed by atoms with Crippen molar-refractivity contribution in [2.75, 3.05) is 25.6 Å². The largest absolute Gasteiger partial charge is 0.383 e. The van der Waals surface area contributed by atoms with E-state index in [0.29, 0.717) is 41.7 Å². The first-order chi connectivity index (χ1) is 15.4. The highest BCUT2D eigenvalue weighted by Crippen LogP contribution is 2.34. The van der Waals surface area contributed by atoms with Crippen LogP contribution in [0.3, 0.4) is 0 Å². The molecule has 1 aliphatic heterocycles. The molecule has 0 unspecified atom stereocenters. The van der Waals surface area contributed by atoms with Crippen molar-refractivity contribution in [1.82, 2.24) is 14.5 Å². The molecule has 7 nitrogen and oxygen atoms in total. The molecule has 0 saturated carbocycles. The van der Waals surface area contributed by atoms with E-state index in [0.717, 1.165) is 0 Å². The Morgan fingerprint density at radius 3 is 2.64 bits per heavy atom. The van der Waals surface area contributed by atoms with Crippen LogP contribution in [0.1, 0.15) is 5.82 Å². The summed E-state index contributed by atoms with van der Waals surface area (Å²) >= 11 is 5.80. The van der Waals surface area contributed by atoms with E-state index in [1.807, 2.05) is 4.57 Å². The lowest BCUT2D eigenvalue weighted by atomic mass is 10.1. The number of ether oxygens (including phenoxy) is 1. The number of benzene rings is 2. The van der Waals surface area contributed by atoms with Crippen molar-refractivity contribution in [2.24, 2.45) is 5.73 Å². The number of nitrogens with two attached hydrogens (primary N) is 1. The maximum Gasteiger partial charge on any atom is 0.242 e. The number of fused-ring (bicyclic) bond motifs is 1. The Morgan fingerprint density at radius 1 is 1.24 bits per heavy atom. The van der Waals surface area contributed by atoms with Crippen molar-refractivity contribution in [3.63, 3.8) is 0 Å². The summed E-state index contributed by atoms with van der Waals surface area (Å²) in [5.74, 6) is 0.101. The highest BCUT2D eigenvalue weighted by atomic mass is 35.5. The van der Waals surface area contributed by atoms with Crippen LogP contribution >= 0.6 is 25.1 Å². The van der Waals surface area contributed by atoms with E-state index in [2.05, 4.69) is 5.32 Å². The van der Waals surface area contributed by atoms with Crippen molar-refractivity contribution in [2.45, 2.75) is 19.1 Å². The number of halogens is 3. The number of hydrogen-bond acceptors (Lipinski definition) is 5. The van der Waals surface area contributed by atoms with Gasteiger partial charge in [-0.2, -0.15) is 13.5 Å². The van der Waals surface area contributed by atoms with E-state index in [-0.39, 0.29) is 43.4 Å². The van der Waals surface area contributed by atoms with Gasteiger partial charge in [-0.15, -0.1) is 0 Å². The Hall–Kier alpha value is -2.66. The average molecular weight is 496 g/mol. The molecule has 3 aromatic rings. The zero-order chi connectivity index (χ0) is 22.8. The Morgan fingerprint density at radius 2 is 1.97 bits per heavy atom. The van der Waals surface area contributed by atoms with Crippen LogP contribution in [-0.2, 0) is 22.6 Å². The molecule has 0 spiro atoms. The van der Waals surface area contributed by atoms with Crippen LogP contribution in [0.2, 0.25) is 5.02 Å². The second-order valence-electron chi connectivity index (χ2n) is 7.46. The number of nitrogens with one attached hydrogen (secondary N) is 1. The third kappa shape index (κ3) is 5.30. The number of nitrogens with zero attached hydrogens (tertiary/aromatic N) is 3. The van der Waals surface area contributed by atoms with Crippen LogP contribution in [-0.4, -0.2) is 46.7 Å². The molecule has 2 aromatic carbocycles. The van der Waals surface area contributed by atoms with Gasteiger partial charge in [-0.1, -0.05) is 11.6 Å². The lowest BCUT2D eigenvalue weighted by Gasteiger charge is -2.30. The molecule has 0 fully saturated rings. The number of amides is 1. The second kappa shape index (κ2) is 10.5. The quantitative estimate of drug-likeness (QED) is 0.545. The standard InChI is InChI=1S/C22H22ClF2N5O2.H2S/c1-32-12-18(26)22(31)29-8-9-30-19(11-29)28-20(13-2-4-14(24)5-3-13)21(30)27-15-6-7-16(23)17(25)10-15;/h2-7,10,18,27H,8-9,11-12,26H2,1H3;1H2/t18-;/m0./s1. The van der Waals surface area contributed by atoms with Gasteiger partial charge in [-0.25, -0.2) is 13.8 Å². The molecular weight excluding hydrogens is 472 g/mol. The van der Waals surface area contributed by atoms with Gasteiger partial charge in [-0.3, -0.25) is 4.79 Å². The minimum atomic E-state index is -0.757. The molecule has 3 N–H and O–H groups in total. The lowest BCUT2D eigenvalue weighted by molar-refractivity contribution is -0.135. The van der Waals surface area contributed by atoms with Crippen molar-refractivity contribution in [3.8, 4) is 11.3 Å². The molecule has 0 saturated heterocycles. The van der Waals surface area contributed by atoms with Crippen LogP contribution in [0.5, 0.6) is 0 Å². The van der Waals surface area contributed by atoms with Gasteiger partial charge in [0.05, 0.1) is 18.2 Å². The number of anilines is 2. The van der Waals surface area contributed by atoms with Gasteiger partial charge in [0.1, 0.15) is 35.0 Å². The van der Waals surface area contributed by atoms with Gasteiger partial charge in [0, 0.05) is 31.5 Å². The molecule has 33 heavy (non-hydrogen) atoms. The van der Waals surface area contributed by atoms with Gasteiger partial charge in [0.15, 0.2) is 0 Å². The van der Waals surface area contributed by atoms with E-state index >= 15 is 0 Å². The Balaban J connectivity index is 0.00000306. The molecule has 0 aliphatic carbocycles. The van der Waals surface area contributed by atoms with Gasteiger partial charge in [-0.05, 0) is 42.5 Å². The number of hydrogen-bond donors (Lipinski definition) is 2. The lowest BCUT2D eigenvalue weighted by Crippen LogP contribution is -2.48. The maximum atomic E-state index is 14.0. The number of aromatic nitrogens is 2. The second-order valence-corrected chi connectivity index (χ2v) is 7.87. The molecule has 11 heteroatoms. The maximum absolute atomic E-state index is 14.0. The molecular formula is C22H24ClF2N5O2S. The fraction of sp³-hybridized carbons (Fsp3) is 0.273. The zero-order valence-corrected chi connectivity index (χ0v) is 19.6. The summed E-state index contributed by atoms with van der Waals surface area (Å²) in [6, 6.07) is 9.58. The molecule has 2 heterocycles. The first-order valence-electron chi connectivity index (χ1n) is 9.98. The minimum Gasteiger partial charge on any atom is -0.383 e. The van der Waals surface area contributed by atoms with E-state index in [4.69, 9.17) is 27.1 Å². The normalized spacial score (nSPS) is 13.8. The Bertz CT molecular complexity index is 1140. The minimum absolute atomic E-state index is 0. The molecule has 4 rings (SSSR count). The van der Waals surface area contributed by atoms with Crippen molar-refractivity contribution in [3.05, 3.63) is 64.9 Å². The fourth-order valence-electron chi connectivity index (χ4n) is 3.65. The molecule has 1 aliphatic rings. The van der Waals surface area contributed by atoms with Crippen LogP contribution in [0.15, 0.2) is 42.5 Å². The van der Waals surface area contributed by atoms with Crippen LogP contribution in [0.4, 0.5) is 20.3 Å². The van der Waals surface area contributed by atoms with E-state index in [1.165, 1.54) is 31.4 Å². The third-order valence-corrected chi connectivity index (χ3v) is 5.55. The molecule has 1 aromatic heterocycles. The molecule has 0 radical (unpaired) electrons. The highest BCUT2D eigenvalue weighted by Gasteiger charge is 2.29. The number of methoxy groups -OCH3 is 1. The topological polar surface area (TPSA) is 85.4 Å². The van der Waals surface area contributed by atoms with Crippen LogP contribution in [0.25, 0.3) is 11.3 Å². The van der Waals surface area contributed by atoms with Gasteiger partial charge < -0.3 is 25.3 Å². The van der Waals surface area contributed by atoms with Crippen LogP contribution < -0.4 is 11.1 Å². The monoisotopic (exact) mass is 495 g/mol. The third-order valence-electron chi connectivity index (χ3n) is 5.25. The van der Waals surface area contributed by atoms with Crippen molar-refractivity contribution >= 4 is 42.5 Å². The number of imidazole rings is 1. The van der Waals surface area contributed by atoms with Gasteiger partial charge in [0.25, 0.3) is 0 Å². The van der Waals surface area contributed by atoms with Crippen molar-refractivity contribution in [1.29, 1.82) is 0 Å². The first-order valence-corrected chi connectivity index (χ1v) is 10.4. The fourth-order valence-corrected chi connectivity index (χ4v) is 3.77. The summed E-state index contributed by atoms with van der Waals surface area (Å²) < 4.78 is 34.4. The Labute approximate surface area is 201 Å². The summed E-state index contributed by atoms with van der Waals surface area (Å²) in [4.78, 5) is 19.0. The Kier molecular flexibility index (Phi) is 7.96. The predicted octanol–water partition coefficient (Wildman–Crippen LogP) is 3.65. The molecule has 1 amide bonds. The van der Waals surface area contributed by atoms with E-state index in [9.17, 15) is 13.6 Å². The number of carbonyl (C=O) groups is 1. The van der Waals surface area contributed by atoms with Gasteiger partial charge in [0.2, 0.25) is 5.91 Å². The smallest absolute Gasteiger partial charge is 0.242 e. The SMILES string of the molecule is COC[C@H](N)C(=O)N1CCn2c(nc(-c3ccc(F)cc3)c2Nc2ccc(Cl)c(F)c2)C1.S.